The highest BCUT2D eigenvalue weighted by atomic mass is 16.5. The van der Waals surface area contributed by atoms with Crippen LogP contribution in [0.4, 0.5) is 0 Å². The van der Waals surface area contributed by atoms with Gasteiger partial charge in [-0.05, 0) is 54.0 Å². The molecule has 0 unspecified atom stereocenters. The molecule has 1 N–H and O–H groups in total. The Morgan fingerprint density at radius 3 is 3.06 bits per heavy atom. The Labute approximate surface area is 95.6 Å². The predicted octanol–water partition coefficient (Wildman–Crippen LogP) is 2.89. The smallest absolute Gasteiger partial charge is 0.118 e. The summed E-state index contributed by atoms with van der Waals surface area (Å²) < 4.78 is 5.80. The van der Waals surface area contributed by atoms with Crippen LogP contribution in [0.1, 0.15) is 29.2 Å². The summed E-state index contributed by atoms with van der Waals surface area (Å²) >= 11 is 0. The molecule has 2 aliphatic rings. The molecule has 1 aliphatic heterocycles. The van der Waals surface area contributed by atoms with Gasteiger partial charge in [0.25, 0.3) is 0 Å². The third-order valence-electron chi connectivity index (χ3n) is 3.95. The van der Waals surface area contributed by atoms with E-state index in [-0.39, 0.29) is 6.10 Å². The third kappa shape index (κ3) is 1.30. The lowest BCUT2D eigenvalue weighted by atomic mass is 9.75. The molecule has 2 heteroatoms. The molecule has 1 heterocycles. The van der Waals surface area contributed by atoms with Gasteiger partial charge in [-0.15, -0.1) is 0 Å². The van der Waals surface area contributed by atoms with Gasteiger partial charge in [-0.3, -0.25) is 0 Å². The molecule has 2 bridgehead atoms. The van der Waals surface area contributed by atoms with Gasteiger partial charge in [0.1, 0.15) is 5.75 Å². The summed E-state index contributed by atoms with van der Waals surface area (Å²) in [6.45, 7) is 6.75. The normalized spacial score (nSPS) is 27.7. The van der Waals surface area contributed by atoms with Crippen LogP contribution in [0.15, 0.2) is 24.3 Å². The van der Waals surface area contributed by atoms with E-state index < -0.39 is 0 Å². The molecule has 2 nitrogen and oxygen atoms in total. The van der Waals surface area contributed by atoms with Gasteiger partial charge in [0, 0.05) is 0 Å². The second-order valence-corrected chi connectivity index (χ2v) is 4.87. The van der Waals surface area contributed by atoms with Crippen LogP contribution in [0.25, 0.3) is 0 Å². The molecule has 16 heavy (non-hydrogen) atoms. The van der Waals surface area contributed by atoms with E-state index in [0.717, 1.165) is 18.4 Å². The number of phenolic OH excluding ortho intramolecular Hbond substituents is 1. The minimum Gasteiger partial charge on any atom is -0.508 e. The van der Waals surface area contributed by atoms with E-state index in [1.165, 1.54) is 16.7 Å². The zero-order valence-electron chi connectivity index (χ0n) is 9.49. The molecular formula is C14H16O2. The highest BCUT2D eigenvalue weighted by molar-refractivity contribution is 5.47. The quantitative estimate of drug-likeness (QED) is 0.676. The monoisotopic (exact) mass is 216 g/mol. The van der Waals surface area contributed by atoms with Gasteiger partial charge in [0.2, 0.25) is 0 Å². The lowest BCUT2D eigenvalue weighted by molar-refractivity contribution is 0.0148. The van der Waals surface area contributed by atoms with E-state index in [9.17, 15) is 5.11 Å². The lowest BCUT2D eigenvalue weighted by Crippen LogP contribution is -2.29. The largest absolute Gasteiger partial charge is 0.508 e. The molecule has 3 rings (SSSR count). The lowest BCUT2D eigenvalue weighted by Gasteiger charge is -2.38. The number of ether oxygens (including phenoxy) is 1. The number of rotatable bonds is 0. The number of hydrogen-bond donors (Lipinski definition) is 1. The first-order valence-electron chi connectivity index (χ1n) is 5.77. The number of phenols is 1. The Morgan fingerprint density at radius 1 is 1.44 bits per heavy atom. The second kappa shape index (κ2) is 3.36. The fourth-order valence-electron chi connectivity index (χ4n) is 2.85. The summed E-state index contributed by atoms with van der Waals surface area (Å²) in [4.78, 5) is 0. The van der Waals surface area contributed by atoms with Crippen LogP contribution in [0.2, 0.25) is 0 Å². The van der Waals surface area contributed by atoms with Gasteiger partial charge >= 0.3 is 0 Å². The topological polar surface area (TPSA) is 29.5 Å². The summed E-state index contributed by atoms with van der Waals surface area (Å²) in [6, 6.07) is 3.79. The van der Waals surface area contributed by atoms with Gasteiger partial charge in [0.05, 0.1) is 12.7 Å². The van der Waals surface area contributed by atoms with E-state index in [0.29, 0.717) is 18.3 Å². The van der Waals surface area contributed by atoms with E-state index in [1.54, 1.807) is 6.07 Å². The van der Waals surface area contributed by atoms with Crippen LogP contribution in [-0.2, 0) is 11.2 Å². The fraction of sp³-hybridized carbons (Fsp3) is 0.429. The minimum absolute atomic E-state index is 0.207. The first kappa shape index (κ1) is 9.91. The summed E-state index contributed by atoms with van der Waals surface area (Å²) in [6.07, 6.45) is 2.27. The zero-order valence-corrected chi connectivity index (χ0v) is 9.49. The SMILES string of the molecule is C=C1CO[C@H]2C[C@@H]1Cc1c2ccc(O)c1C. The van der Waals surface area contributed by atoms with Gasteiger partial charge in [-0.25, -0.2) is 0 Å². The second-order valence-electron chi connectivity index (χ2n) is 4.87. The van der Waals surface area contributed by atoms with Crippen LogP contribution in [-0.4, -0.2) is 11.7 Å². The zero-order chi connectivity index (χ0) is 11.3. The van der Waals surface area contributed by atoms with Crippen LogP contribution in [0.5, 0.6) is 5.75 Å². The van der Waals surface area contributed by atoms with Gasteiger partial charge in [-0.1, -0.05) is 12.6 Å². The number of benzene rings is 1. The van der Waals surface area contributed by atoms with E-state index in [1.807, 2.05) is 13.0 Å². The first-order valence-corrected chi connectivity index (χ1v) is 5.77. The highest BCUT2D eigenvalue weighted by Crippen LogP contribution is 2.44. The standard InChI is InChI=1S/C14H16O2/c1-8-7-16-14-6-10(8)5-12-9(2)13(15)4-3-11(12)14/h3-4,10,14-15H,1,5-7H2,2H3/t10-,14-/m0/s1. The van der Waals surface area contributed by atoms with Crippen molar-refractivity contribution in [3.05, 3.63) is 41.0 Å². The Kier molecular flexibility index (Phi) is 2.08. The van der Waals surface area contributed by atoms with Crippen LogP contribution in [0.3, 0.4) is 0 Å². The Balaban J connectivity index is 2.13. The average molecular weight is 216 g/mol. The van der Waals surface area contributed by atoms with Gasteiger partial charge in [-0.2, -0.15) is 0 Å². The third-order valence-corrected chi connectivity index (χ3v) is 3.95. The molecule has 1 aromatic rings. The predicted molar refractivity (Wildman–Crippen MR) is 62.5 cm³/mol. The summed E-state index contributed by atoms with van der Waals surface area (Å²) in [5.41, 5.74) is 4.73. The van der Waals surface area contributed by atoms with E-state index in [2.05, 4.69) is 6.58 Å². The van der Waals surface area contributed by atoms with E-state index >= 15 is 0 Å². The summed E-state index contributed by atoms with van der Waals surface area (Å²) in [5, 5.41) is 9.74. The molecule has 1 aromatic carbocycles. The Hall–Kier alpha value is -1.28. The first-order chi connectivity index (χ1) is 7.66. The maximum Gasteiger partial charge on any atom is 0.118 e. The highest BCUT2D eigenvalue weighted by Gasteiger charge is 2.34. The molecule has 1 aliphatic carbocycles. The van der Waals surface area contributed by atoms with Crippen LogP contribution < -0.4 is 0 Å². The molecule has 0 amide bonds. The van der Waals surface area contributed by atoms with Crippen molar-refractivity contribution in [2.45, 2.75) is 25.9 Å². The molecule has 1 saturated heterocycles. The van der Waals surface area contributed by atoms with Crippen molar-refractivity contribution in [1.29, 1.82) is 0 Å². The molecule has 2 atom stereocenters. The molecule has 0 aromatic heterocycles. The summed E-state index contributed by atoms with van der Waals surface area (Å²) in [5.74, 6) is 0.927. The Morgan fingerprint density at radius 2 is 2.25 bits per heavy atom. The van der Waals surface area contributed by atoms with Crippen molar-refractivity contribution in [2.75, 3.05) is 6.61 Å². The number of hydrogen-bond acceptors (Lipinski definition) is 2. The molecular weight excluding hydrogens is 200 g/mol. The Bertz CT molecular complexity index is 462. The fourth-order valence-corrected chi connectivity index (χ4v) is 2.85. The van der Waals surface area contributed by atoms with Gasteiger partial charge in [0.15, 0.2) is 0 Å². The molecule has 84 valence electrons. The molecule has 1 fully saturated rings. The van der Waals surface area contributed by atoms with Crippen molar-refractivity contribution >= 4 is 0 Å². The number of fused-ring (bicyclic) bond motifs is 4. The minimum atomic E-state index is 0.207. The van der Waals surface area contributed by atoms with Crippen molar-refractivity contribution in [3.63, 3.8) is 0 Å². The molecule has 0 radical (unpaired) electrons. The number of aromatic hydroxyl groups is 1. The van der Waals surface area contributed by atoms with Crippen LogP contribution >= 0.6 is 0 Å². The van der Waals surface area contributed by atoms with Gasteiger partial charge < -0.3 is 9.84 Å². The molecule has 0 saturated carbocycles. The summed E-state index contributed by atoms with van der Waals surface area (Å²) in [7, 11) is 0. The maximum atomic E-state index is 9.74. The van der Waals surface area contributed by atoms with E-state index in [4.69, 9.17) is 4.74 Å². The van der Waals surface area contributed by atoms with Crippen molar-refractivity contribution in [3.8, 4) is 5.75 Å². The van der Waals surface area contributed by atoms with Crippen molar-refractivity contribution in [2.24, 2.45) is 5.92 Å². The van der Waals surface area contributed by atoms with Crippen LogP contribution in [0, 0.1) is 12.8 Å². The molecule has 0 spiro atoms. The maximum absolute atomic E-state index is 9.74. The van der Waals surface area contributed by atoms with Crippen molar-refractivity contribution in [1.82, 2.24) is 0 Å². The average Bonchev–Trinajstić information content (AvgIpc) is 2.29. The van der Waals surface area contributed by atoms with Crippen molar-refractivity contribution < 1.29 is 9.84 Å².